The van der Waals surface area contributed by atoms with E-state index in [1.165, 1.54) is 60.5 Å². The van der Waals surface area contributed by atoms with Crippen LogP contribution < -0.4 is 9.80 Å². The van der Waals surface area contributed by atoms with Gasteiger partial charge in [0.15, 0.2) is 0 Å². The zero-order valence-electron chi connectivity index (χ0n) is 32.5. The maximum Gasteiger partial charge on any atom is 0.0541 e. The Morgan fingerprint density at radius 2 is 0.828 bits per heavy atom. The van der Waals surface area contributed by atoms with Gasteiger partial charge in [-0.3, -0.25) is 0 Å². The van der Waals surface area contributed by atoms with Crippen LogP contribution in [-0.4, -0.2) is 4.57 Å². The number of benzene rings is 9. The highest BCUT2D eigenvalue weighted by molar-refractivity contribution is 6.09. The van der Waals surface area contributed by atoms with Crippen LogP contribution in [-0.2, 0) is 5.41 Å². The van der Waals surface area contributed by atoms with Crippen LogP contribution in [0.5, 0.6) is 0 Å². The molecule has 0 bridgehead atoms. The average molecular weight is 744 g/mol. The first kappa shape index (κ1) is 33.9. The standard InChI is InChI=1S/C55H41N3/c1-55(2)50-36-43(32-34-46(50)47-35-33-44(37-51(47)55)58-53-25-13-11-23-48(53)49-24-12-14-26-54(49)58)57(52-27-15-17-38-16-9-10-22-45(38)52)42-30-28-41(29-31-42)56(39-18-5-3-6-19-39)40-20-7-4-8-21-40/h3-37H,1-2H3. The normalized spacial score (nSPS) is 12.8. The molecule has 0 aliphatic heterocycles. The average Bonchev–Trinajstić information content (AvgIpc) is 3.73. The van der Waals surface area contributed by atoms with Gasteiger partial charge >= 0.3 is 0 Å². The molecule has 276 valence electrons. The molecule has 1 aliphatic rings. The fraction of sp³-hybridized carbons (Fsp3) is 0.0545. The van der Waals surface area contributed by atoms with E-state index in [0.717, 1.165) is 34.1 Å². The third-order valence-corrected chi connectivity index (χ3v) is 12.1. The zero-order chi connectivity index (χ0) is 38.8. The van der Waals surface area contributed by atoms with Crippen LogP contribution in [0.2, 0.25) is 0 Å². The van der Waals surface area contributed by atoms with E-state index < -0.39 is 0 Å². The second-order valence-electron chi connectivity index (χ2n) is 15.8. The summed E-state index contributed by atoms with van der Waals surface area (Å²) in [4.78, 5) is 4.75. The Labute approximate surface area is 339 Å². The molecule has 58 heavy (non-hydrogen) atoms. The van der Waals surface area contributed by atoms with Crippen molar-refractivity contribution in [3.8, 4) is 16.8 Å². The molecule has 0 N–H and O–H groups in total. The van der Waals surface area contributed by atoms with E-state index in [4.69, 9.17) is 0 Å². The van der Waals surface area contributed by atoms with Crippen LogP contribution in [0.1, 0.15) is 25.0 Å². The molecule has 0 saturated heterocycles. The van der Waals surface area contributed by atoms with Crippen molar-refractivity contribution in [2.75, 3.05) is 9.80 Å². The van der Waals surface area contributed by atoms with Gasteiger partial charge in [0.2, 0.25) is 0 Å². The second-order valence-corrected chi connectivity index (χ2v) is 15.8. The van der Waals surface area contributed by atoms with Gasteiger partial charge in [-0.2, -0.15) is 0 Å². The molecule has 0 atom stereocenters. The van der Waals surface area contributed by atoms with Gasteiger partial charge in [0.25, 0.3) is 0 Å². The molecule has 10 aromatic rings. The maximum absolute atomic E-state index is 2.44. The summed E-state index contributed by atoms with van der Waals surface area (Å²) in [5.74, 6) is 0. The number of hydrogen-bond donors (Lipinski definition) is 0. The fourth-order valence-corrected chi connectivity index (χ4v) is 9.38. The number of fused-ring (bicyclic) bond motifs is 7. The van der Waals surface area contributed by atoms with Crippen molar-refractivity contribution in [2.45, 2.75) is 19.3 Å². The Balaban J connectivity index is 1.04. The van der Waals surface area contributed by atoms with Crippen LogP contribution in [0.25, 0.3) is 49.4 Å². The first-order valence-corrected chi connectivity index (χ1v) is 20.1. The predicted octanol–water partition coefficient (Wildman–Crippen LogP) is 15.2. The Morgan fingerprint density at radius 3 is 1.47 bits per heavy atom. The summed E-state index contributed by atoms with van der Waals surface area (Å²) in [5, 5.41) is 4.98. The molecule has 3 heteroatoms. The number of anilines is 6. The van der Waals surface area contributed by atoms with Crippen molar-refractivity contribution >= 4 is 66.7 Å². The van der Waals surface area contributed by atoms with E-state index >= 15 is 0 Å². The van der Waals surface area contributed by atoms with Crippen molar-refractivity contribution in [1.82, 2.24) is 4.57 Å². The van der Waals surface area contributed by atoms with Crippen molar-refractivity contribution in [3.05, 3.63) is 223 Å². The molecule has 0 amide bonds. The van der Waals surface area contributed by atoms with E-state index in [0.29, 0.717) is 0 Å². The zero-order valence-corrected chi connectivity index (χ0v) is 32.5. The van der Waals surface area contributed by atoms with Crippen molar-refractivity contribution in [2.24, 2.45) is 0 Å². The minimum atomic E-state index is -0.227. The van der Waals surface area contributed by atoms with Crippen molar-refractivity contribution in [1.29, 1.82) is 0 Å². The maximum atomic E-state index is 2.44. The molecule has 1 aliphatic carbocycles. The highest BCUT2D eigenvalue weighted by Crippen LogP contribution is 2.52. The predicted molar refractivity (Wildman–Crippen MR) is 245 cm³/mol. The minimum Gasteiger partial charge on any atom is -0.311 e. The molecule has 0 radical (unpaired) electrons. The van der Waals surface area contributed by atoms with Crippen LogP contribution in [0.4, 0.5) is 34.1 Å². The minimum absolute atomic E-state index is 0.227. The number of nitrogens with zero attached hydrogens (tertiary/aromatic N) is 3. The molecule has 3 nitrogen and oxygen atoms in total. The molecule has 1 aromatic heterocycles. The number of hydrogen-bond acceptors (Lipinski definition) is 2. The van der Waals surface area contributed by atoms with Crippen LogP contribution in [0.15, 0.2) is 212 Å². The van der Waals surface area contributed by atoms with E-state index in [1.54, 1.807) is 0 Å². The van der Waals surface area contributed by atoms with E-state index in [1.807, 2.05) is 0 Å². The number of rotatable bonds is 7. The van der Waals surface area contributed by atoms with Gasteiger partial charge in [0.1, 0.15) is 0 Å². The van der Waals surface area contributed by atoms with Gasteiger partial charge < -0.3 is 14.4 Å². The van der Waals surface area contributed by atoms with Crippen LogP contribution in [0, 0.1) is 0 Å². The fourth-order valence-electron chi connectivity index (χ4n) is 9.38. The van der Waals surface area contributed by atoms with E-state index in [9.17, 15) is 0 Å². The molecule has 0 unspecified atom stereocenters. The highest BCUT2D eigenvalue weighted by Gasteiger charge is 2.36. The summed E-state index contributed by atoms with van der Waals surface area (Å²) in [5.41, 5.74) is 15.4. The summed E-state index contributed by atoms with van der Waals surface area (Å²) in [7, 11) is 0. The molecule has 11 rings (SSSR count). The van der Waals surface area contributed by atoms with E-state index in [-0.39, 0.29) is 5.41 Å². The van der Waals surface area contributed by atoms with E-state index in [2.05, 4.69) is 241 Å². The Bertz CT molecular complexity index is 3040. The van der Waals surface area contributed by atoms with Crippen LogP contribution in [0.3, 0.4) is 0 Å². The third kappa shape index (κ3) is 5.35. The lowest BCUT2D eigenvalue weighted by molar-refractivity contribution is 0.660. The van der Waals surface area contributed by atoms with Crippen molar-refractivity contribution in [3.63, 3.8) is 0 Å². The lowest BCUT2D eigenvalue weighted by atomic mass is 9.82. The van der Waals surface area contributed by atoms with Gasteiger partial charge in [0, 0.05) is 55.7 Å². The summed E-state index contributed by atoms with van der Waals surface area (Å²) >= 11 is 0. The molecular weight excluding hydrogens is 703 g/mol. The summed E-state index contributed by atoms with van der Waals surface area (Å²) < 4.78 is 2.43. The monoisotopic (exact) mass is 743 g/mol. The summed E-state index contributed by atoms with van der Waals surface area (Å²) in [6.07, 6.45) is 0. The summed E-state index contributed by atoms with van der Waals surface area (Å²) in [6.45, 7) is 4.77. The Hall–Kier alpha value is -7.36. The first-order chi connectivity index (χ1) is 28.5. The SMILES string of the molecule is CC1(C)c2cc(N(c3ccc(N(c4ccccc4)c4ccccc4)cc3)c3cccc4ccccc34)ccc2-c2ccc(-n3c4ccccc4c4ccccc43)cc21. The van der Waals surface area contributed by atoms with Gasteiger partial charge in [-0.1, -0.05) is 135 Å². The van der Waals surface area contributed by atoms with Gasteiger partial charge in [-0.25, -0.2) is 0 Å². The molecule has 0 spiro atoms. The van der Waals surface area contributed by atoms with Gasteiger partial charge in [-0.15, -0.1) is 0 Å². The molecule has 0 fully saturated rings. The first-order valence-electron chi connectivity index (χ1n) is 20.1. The second kappa shape index (κ2) is 13.4. The Kier molecular flexibility index (Phi) is 7.84. The third-order valence-electron chi connectivity index (χ3n) is 12.1. The quantitative estimate of drug-likeness (QED) is 0.161. The lowest BCUT2D eigenvalue weighted by Crippen LogP contribution is -2.17. The smallest absolute Gasteiger partial charge is 0.0541 e. The highest BCUT2D eigenvalue weighted by atomic mass is 15.2. The topological polar surface area (TPSA) is 11.4 Å². The molecule has 0 saturated carbocycles. The Morgan fingerprint density at radius 1 is 0.362 bits per heavy atom. The van der Waals surface area contributed by atoms with Crippen molar-refractivity contribution < 1.29 is 0 Å². The van der Waals surface area contributed by atoms with Crippen LogP contribution >= 0.6 is 0 Å². The number of aromatic nitrogens is 1. The molecule has 1 heterocycles. The van der Waals surface area contributed by atoms with Gasteiger partial charge in [0.05, 0.1) is 16.7 Å². The largest absolute Gasteiger partial charge is 0.311 e. The number of para-hydroxylation sites is 4. The van der Waals surface area contributed by atoms with Gasteiger partial charge in [-0.05, 0) is 119 Å². The summed E-state index contributed by atoms with van der Waals surface area (Å²) in [6, 6.07) is 77.2. The molecule has 9 aromatic carbocycles. The lowest BCUT2D eigenvalue weighted by Gasteiger charge is -2.30. The molecular formula is C55H41N3.